The Morgan fingerprint density at radius 1 is 0.786 bits per heavy atom. The van der Waals surface area contributed by atoms with E-state index in [0.29, 0.717) is 45.9 Å². The fraction of sp³-hybridized carbons (Fsp3) is 0.900. The van der Waals surface area contributed by atoms with E-state index in [2.05, 4.69) is 17.6 Å². The maximum Gasteiger partial charge on any atom is 0.407 e. The molecular formula is C20H40N2O6. The summed E-state index contributed by atoms with van der Waals surface area (Å²) in [6, 6.07) is 0. The molecule has 0 fully saturated rings. The first-order valence-corrected chi connectivity index (χ1v) is 10.2. The van der Waals surface area contributed by atoms with Gasteiger partial charge in [0, 0.05) is 26.1 Å². The highest BCUT2D eigenvalue weighted by atomic mass is 16.6. The Bertz CT molecular complexity index is 440. The third-order valence-corrected chi connectivity index (χ3v) is 3.85. The van der Waals surface area contributed by atoms with Gasteiger partial charge in [-0.2, -0.15) is 0 Å². The topological polar surface area (TPSA) is 95.1 Å². The Morgan fingerprint density at radius 3 is 2.04 bits per heavy atom. The normalized spacial score (nSPS) is 11.9. The summed E-state index contributed by atoms with van der Waals surface area (Å²) in [7, 11) is 0. The monoisotopic (exact) mass is 404 g/mol. The zero-order valence-electron chi connectivity index (χ0n) is 18.5. The lowest BCUT2D eigenvalue weighted by Gasteiger charge is -2.28. The predicted molar refractivity (Wildman–Crippen MR) is 108 cm³/mol. The quantitative estimate of drug-likeness (QED) is 0.384. The van der Waals surface area contributed by atoms with Crippen molar-refractivity contribution >= 4 is 12.0 Å². The van der Waals surface area contributed by atoms with Crippen LogP contribution in [-0.2, 0) is 23.7 Å². The number of alkyl carbamates (subject to hydrolysis) is 1. The van der Waals surface area contributed by atoms with Crippen molar-refractivity contribution in [1.82, 2.24) is 10.6 Å². The number of carbonyl (C=O) groups is 2. The number of hydrogen-bond donors (Lipinski definition) is 2. The van der Waals surface area contributed by atoms with Crippen molar-refractivity contribution in [2.45, 2.75) is 72.0 Å². The summed E-state index contributed by atoms with van der Waals surface area (Å²) in [5, 5.41) is 5.48. The van der Waals surface area contributed by atoms with Crippen LogP contribution in [-0.4, -0.2) is 69.3 Å². The third-order valence-electron chi connectivity index (χ3n) is 3.85. The lowest BCUT2D eigenvalue weighted by atomic mass is 10.1. The molecule has 0 aromatic heterocycles. The molecular weight excluding hydrogens is 364 g/mol. The summed E-state index contributed by atoms with van der Waals surface area (Å²) in [6.45, 7) is 14.6. The van der Waals surface area contributed by atoms with E-state index < -0.39 is 17.3 Å². The molecule has 166 valence electrons. The zero-order valence-corrected chi connectivity index (χ0v) is 18.5. The molecule has 0 atom stereocenters. The molecule has 0 saturated carbocycles. The predicted octanol–water partition coefficient (Wildman–Crippen LogP) is 2.65. The molecule has 0 heterocycles. The van der Waals surface area contributed by atoms with Gasteiger partial charge >= 0.3 is 6.09 Å². The Balaban J connectivity index is 4.00. The average Bonchev–Trinajstić information content (AvgIpc) is 2.61. The Labute approximate surface area is 170 Å². The highest BCUT2D eigenvalue weighted by molar-refractivity contribution is 5.84. The van der Waals surface area contributed by atoms with Crippen LogP contribution in [0.25, 0.3) is 0 Å². The summed E-state index contributed by atoms with van der Waals surface area (Å²) >= 11 is 0. The molecule has 0 aromatic rings. The molecule has 0 aliphatic carbocycles. The molecule has 0 aliphatic heterocycles. The van der Waals surface area contributed by atoms with E-state index in [1.807, 2.05) is 20.8 Å². The van der Waals surface area contributed by atoms with E-state index in [1.54, 1.807) is 13.8 Å². The van der Waals surface area contributed by atoms with Crippen LogP contribution in [0.3, 0.4) is 0 Å². The van der Waals surface area contributed by atoms with E-state index in [0.717, 1.165) is 19.4 Å². The first-order valence-electron chi connectivity index (χ1n) is 10.2. The van der Waals surface area contributed by atoms with Crippen LogP contribution < -0.4 is 10.6 Å². The van der Waals surface area contributed by atoms with Crippen molar-refractivity contribution in [2.24, 2.45) is 0 Å². The van der Waals surface area contributed by atoms with Gasteiger partial charge in [0.2, 0.25) is 0 Å². The number of amides is 2. The maximum absolute atomic E-state index is 12.3. The van der Waals surface area contributed by atoms with E-state index in [-0.39, 0.29) is 5.91 Å². The van der Waals surface area contributed by atoms with Gasteiger partial charge in [-0.15, -0.1) is 0 Å². The lowest BCUT2D eigenvalue weighted by molar-refractivity contribution is -0.144. The summed E-state index contributed by atoms with van der Waals surface area (Å²) < 4.78 is 21.8. The van der Waals surface area contributed by atoms with Crippen LogP contribution in [0.5, 0.6) is 0 Å². The molecule has 0 aromatic carbocycles. The molecule has 0 aliphatic rings. The Morgan fingerprint density at radius 2 is 1.43 bits per heavy atom. The van der Waals surface area contributed by atoms with E-state index in [4.69, 9.17) is 18.9 Å². The fourth-order valence-electron chi connectivity index (χ4n) is 2.10. The second-order valence-corrected chi connectivity index (χ2v) is 7.67. The van der Waals surface area contributed by atoms with Crippen LogP contribution in [0.15, 0.2) is 0 Å². The van der Waals surface area contributed by atoms with Crippen molar-refractivity contribution < 1.29 is 28.5 Å². The van der Waals surface area contributed by atoms with Gasteiger partial charge < -0.3 is 29.6 Å². The van der Waals surface area contributed by atoms with Gasteiger partial charge in [0.05, 0.1) is 26.4 Å². The van der Waals surface area contributed by atoms with Crippen molar-refractivity contribution in [3.05, 3.63) is 0 Å². The van der Waals surface area contributed by atoms with Gasteiger partial charge in [0.1, 0.15) is 11.2 Å². The van der Waals surface area contributed by atoms with Crippen LogP contribution >= 0.6 is 0 Å². The van der Waals surface area contributed by atoms with Gasteiger partial charge in [0.25, 0.3) is 5.91 Å². The standard InChI is InChI=1S/C20H40N2O6/c1-7-10-22-18(24)28-19(3,4)9-13-27-20(5,6)17(23)21-11-14-26-16-15-25-12-8-2/h7-16H2,1-6H3,(H,21,23)(H,22,24). The summed E-state index contributed by atoms with van der Waals surface area (Å²) in [4.78, 5) is 24.0. The van der Waals surface area contributed by atoms with Gasteiger partial charge in [-0.1, -0.05) is 13.8 Å². The molecule has 2 N–H and O–H groups in total. The van der Waals surface area contributed by atoms with E-state index >= 15 is 0 Å². The second kappa shape index (κ2) is 14.6. The largest absolute Gasteiger partial charge is 0.443 e. The van der Waals surface area contributed by atoms with Gasteiger partial charge in [0.15, 0.2) is 0 Å². The first kappa shape index (κ1) is 26.6. The number of hydrogen-bond acceptors (Lipinski definition) is 6. The van der Waals surface area contributed by atoms with Crippen LogP contribution in [0.4, 0.5) is 4.79 Å². The third kappa shape index (κ3) is 13.7. The smallest absolute Gasteiger partial charge is 0.407 e. The molecule has 28 heavy (non-hydrogen) atoms. The van der Waals surface area contributed by atoms with Gasteiger partial charge in [-0.05, 0) is 40.5 Å². The van der Waals surface area contributed by atoms with Gasteiger partial charge in [-0.3, -0.25) is 4.79 Å². The van der Waals surface area contributed by atoms with Crippen molar-refractivity contribution in [1.29, 1.82) is 0 Å². The first-order chi connectivity index (χ1) is 13.1. The van der Waals surface area contributed by atoms with Crippen LogP contribution in [0.2, 0.25) is 0 Å². The zero-order chi connectivity index (χ0) is 21.5. The number of nitrogens with one attached hydrogen (secondary N) is 2. The van der Waals surface area contributed by atoms with Crippen LogP contribution in [0.1, 0.15) is 60.8 Å². The second-order valence-electron chi connectivity index (χ2n) is 7.67. The molecule has 8 heteroatoms. The molecule has 0 bridgehead atoms. The summed E-state index contributed by atoms with van der Waals surface area (Å²) in [5.74, 6) is -0.210. The minimum Gasteiger partial charge on any atom is -0.443 e. The minimum atomic E-state index is -0.981. The molecule has 0 radical (unpaired) electrons. The highest BCUT2D eigenvalue weighted by Gasteiger charge is 2.30. The Hall–Kier alpha value is -1.38. The van der Waals surface area contributed by atoms with E-state index in [9.17, 15) is 9.59 Å². The van der Waals surface area contributed by atoms with Crippen molar-refractivity contribution in [3.63, 3.8) is 0 Å². The summed E-state index contributed by atoms with van der Waals surface area (Å²) in [6.07, 6.45) is 1.87. The minimum absolute atomic E-state index is 0.210. The van der Waals surface area contributed by atoms with Crippen molar-refractivity contribution in [3.8, 4) is 0 Å². The molecule has 0 unspecified atom stereocenters. The molecule has 2 amide bonds. The molecule has 0 saturated heterocycles. The highest BCUT2D eigenvalue weighted by Crippen LogP contribution is 2.17. The van der Waals surface area contributed by atoms with Crippen molar-refractivity contribution in [2.75, 3.05) is 46.1 Å². The molecule has 8 nitrogen and oxygen atoms in total. The number of rotatable bonds is 16. The molecule has 0 rings (SSSR count). The maximum atomic E-state index is 12.3. The van der Waals surface area contributed by atoms with E-state index in [1.165, 1.54) is 0 Å². The van der Waals surface area contributed by atoms with Gasteiger partial charge in [-0.25, -0.2) is 4.79 Å². The average molecular weight is 405 g/mol. The molecule has 0 spiro atoms. The number of carbonyl (C=O) groups excluding carboxylic acids is 2. The Kier molecular flexibility index (Phi) is 13.9. The summed E-state index contributed by atoms with van der Waals surface area (Å²) in [5.41, 5.74) is -1.66. The van der Waals surface area contributed by atoms with Crippen LogP contribution in [0, 0.1) is 0 Å². The lowest BCUT2D eigenvalue weighted by Crippen LogP contribution is -2.46. The SMILES string of the molecule is CCCNC(=O)OC(C)(C)CCOC(C)(C)C(=O)NCCOCCOCCC. The fourth-order valence-corrected chi connectivity index (χ4v) is 2.10. The number of ether oxygens (including phenoxy) is 4.